The van der Waals surface area contributed by atoms with Gasteiger partial charge in [0.05, 0.1) is 11.3 Å². The molecule has 0 aliphatic carbocycles. The van der Waals surface area contributed by atoms with Crippen LogP contribution in [0.15, 0.2) is 41.3 Å². The number of fused-ring (bicyclic) bond motifs is 1. The Morgan fingerprint density at radius 2 is 1.75 bits per heavy atom. The number of likely N-dealkylation sites (N-methyl/N-ethyl adjacent to an activating group) is 2. The molecule has 0 spiro atoms. The highest BCUT2D eigenvalue weighted by Crippen LogP contribution is 2.27. The summed E-state index contributed by atoms with van der Waals surface area (Å²) in [5.41, 5.74) is 6.64. The summed E-state index contributed by atoms with van der Waals surface area (Å²) < 4.78 is 7.48. The number of aromatic nitrogens is 2. The number of carbonyl (C=O) groups excluding carboxylic acids is 1. The van der Waals surface area contributed by atoms with Crippen molar-refractivity contribution < 1.29 is 9.53 Å². The van der Waals surface area contributed by atoms with E-state index in [4.69, 9.17) is 10.5 Å². The van der Waals surface area contributed by atoms with Gasteiger partial charge >= 0.3 is 6.03 Å². The predicted molar refractivity (Wildman–Crippen MR) is 139 cm³/mol. The van der Waals surface area contributed by atoms with Gasteiger partial charge in [0.1, 0.15) is 5.75 Å². The van der Waals surface area contributed by atoms with Crippen LogP contribution in [0.25, 0.3) is 22.2 Å². The summed E-state index contributed by atoms with van der Waals surface area (Å²) in [5.74, 6) is 0.792. The summed E-state index contributed by atoms with van der Waals surface area (Å²) in [6, 6.07) is 11.4. The minimum absolute atomic E-state index is 0.0375. The Labute approximate surface area is 210 Å². The zero-order chi connectivity index (χ0) is 25.2. The van der Waals surface area contributed by atoms with Gasteiger partial charge in [0, 0.05) is 82.1 Å². The van der Waals surface area contributed by atoms with Crippen LogP contribution in [0, 0.1) is 6.07 Å². The number of amides is 1. The zero-order valence-corrected chi connectivity index (χ0v) is 20.9. The number of nitrogens with one attached hydrogen (secondary N) is 1. The maximum Gasteiger partial charge on any atom is 0.325 e. The van der Waals surface area contributed by atoms with E-state index < -0.39 is 11.6 Å². The van der Waals surface area contributed by atoms with E-state index in [2.05, 4.69) is 44.7 Å². The first-order chi connectivity index (χ1) is 17.4. The molecule has 36 heavy (non-hydrogen) atoms. The molecular weight excluding hydrogens is 458 g/mol. The summed E-state index contributed by atoms with van der Waals surface area (Å²) in [6.07, 6.45) is 1.21. The highest BCUT2D eigenvalue weighted by Gasteiger charge is 2.27. The number of nitrogens with zero attached hydrogens (tertiary/aromatic N) is 5. The van der Waals surface area contributed by atoms with Crippen molar-refractivity contribution >= 4 is 16.9 Å². The van der Waals surface area contributed by atoms with E-state index in [1.165, 1.54) is 6.20 Å². The Balaban J connectivity index is 1.38. The molecule has 2 aliphatic heterocycles. The van der Waals surface area contributed by atoms with Gasteiger partial charge in [0.15, 0.2) is 6.23 Å². The maximum atomic E-state index is 12.7. The Kier molecular flexibility index (Phi) is 7.10. The van der Waals surface area contributed by atoms with Gasteiger partial charge < -0.3 is 25.3 Å². The SMILES string of the molecule is CN1CCN(CC(Oc2ccc3[nH]c(-c4c[c]cn(C(N)=O)c4=O)cc3c2)N2CCN(C)CC2)CC1. The fourth-order valence-corrected chi connectivity index (χ4v) is 4.88. The number of aromatic amines is 1. The molecule has 2 fully saturated rings. The second-order valence-corrected chi connectivity index (χ2v) is 9.81. The number of piperazine rings is 2. The number of hydrogen-bond acceptors (Lipinski definition) is 7. The first-order valence-corrected chi connectivity index (χ1v) is 12.4. The van der Waals surface area contributed by atoms with Crippen LogP contribution in [0.3, 0.4) is 0 Å². The fourth-order valence-electron chi connectivity index (χ4n) is 4.88. The molecule has 3 aromatic rings. The second kappa shape index (κ2) is 10.4. The van der Waals surface area contributed by atoms with Crippen molar-refractivity contribution in [1.82, 2.24) is 29.2 Å². The van der Waals surface area contributed by atoms with Gasteiger partial charge in [0.2, 0.25) is 0 Å². The van der Waals surface area contributed by atoms with Crippen molar-refractivity contribution in [3.8, 4) is 17.0 Å². The standard InChI is InChI=1S/C26H34N7O3/c1-29-8-12-31(13-9-29)18-24(32-14-10-30(2)11-15-32)36-20-5-6-22-19(16-20)17-23(28-22)21-4-3-7-33(25(21)34)26(27)35/h4-7,16-17,24,28H,8-15,18H2,1-2H3,(H2,27,35). The van der Waals surface area contributed by atoms with Crippen LogP contribution in [0.4, 0.5) is 4.79 Å². The Morgan fingerprint density at radius 1 is 1.06 bits per heavy atom. The van der Waals surface area contributed by atoms with Crippen molar-refractivity contribution in [2.45, 2.75) is 6.23 Å². The van der Waals surface area contributed by atoms with Crippen LogP contribution in [0.2, 0.25) is 0 Å². The second-order valence-electron chi connectivity index (χ2n) is 9.81. The summed E-state index contributed by atoms with van der Waals surface area (Å²) in [4.78, 5) is 37.2. The van der Waals surface area contributed by atoms with Gasteiger partial charge in [-0.3, -0.25) is 14.6 Å². The molecule has 0 bridgehead atoms. The molecule has 0 saturated carbocycles. The molecule has 1 unspecified atom stereocenters. The molecule has 1 amide bonds. The highest BCUT2D eigenvalue weighted by molar-refractivity contribution is 5.87. The molecule has 10 heteroatoms. The van der Waals surface area contributed by atoms with Gasteiger partial charge in [-0.1, -0.05) is 0 Å². The Hall–Kier alpha value is -3.18. The third kappa shape index (κ3) is 5.31. The summed E-state index contributed by atoms with van der Waals surface area (Å²) >= 11 is 0. The molecule has 2 saturated heterocycles. The minimum Gasteiger partial charge on any atom is -0.474 e. The lowest BCUT2D eigenvalue weighted by Crippen LogP contribution is -2.56. The number of H-pyrrole nitrogens is 1. The largest absolute Gasteiger partial charge is 0.474 e. The molecule has 3 N–H and O–H groups in total. The first kappa shape index (κ1) is 24.5. The number of rotatable bonds is 6. The normalized spacial score (nSPS) is 19.5. The van der Waals surface area contributed by atoms with Crippen LogP contribution in [0.1, 0.15) is 0 Å². The molecule has 1 aromatic carbocycles. The monoisotopic (exact) mass is 492 g/mol. The van der Waals surface area contributed by atoms with E-state index in [0.717, 1.165) is 80.1 Å². The number of hydrogen-bond donors (Lipinski definition) is 2. The predicted octanol–water partition coefficient (Wildman–Crippen LogP) is 0.923. The number of benzene rings is 1. The number of ether oxygens (including phenoxy) is 1. The van der Waals surface area contributed by atoms with E-state index in [9.17, 15) is 9.59 Å². The molecule has 5 rings (SSSR count). The minimum atomic E-state index is -0.833. The summed E-state index contributed by atoms with van der Waals surface area (Å²) in [5, 5.41) is 0.924. The van der Waals surface area contributed by atoms with E-state index >= 15 is 0 Å². The number of pyridine rings is 1. The average molecular weight is 493 g/mol. The van der Waals surface area contributed by atoms with Gasteiger partial charge in [-0.15, -0.1) is 0 Å². The molecule has 2 aromatic heterocycles. The van der Waals surface area contributed by atoms with E-state index in [0.29, 0.717) is 11.3 Å². The lowest BCUT2D eigenvalue weighted by molar-refractivity contribution is -0.0298. The Morgan fingerprint density at radius 3 is 2.44 bits per heavy atom. The highest BCUT2D eigenvalue weighted by atomic mass is 16.5. The Bertz CT molecular complexity index is 1270. The van der Waals surface area contributed by atoms with Gasteiger partial charge in [-0.2, -0.15) is 0 Å². The lowest BCUT2D eigenvalue weighted by atomic mass is 10.2. The molecule has 1 atom stereocenters. The maximum absolute atomic E-state index is 12.7. The van der Waals surface area contributed by atoms with Crippen LogP contribution < -0.4 is 16.0 Å². The van der Waals surface area contributed by atoms with Gasteiger partial charge in [-0.05, 0) is 44.4 Å². The fraction of sp³-hybridized carbons (Fsp3) is 0.462. The van der Waals surface area contributed by atoms with Crippen molar-refractivity contribution in [3.05, 3.63) is 52.9 Å². The third-order valence-corrected chi connectivity index (χ3v) is 7.23. The molecule has 2 aliphatic rings. The topological polar surface area (TPSA) is 103 Å². The van der Waals surface area contributed by atoms with Crippen molar-refractivity contribution in [2.24, 2.45) is 5.73 Å². The molecule has 10 nitrogen and oxygen atoms in total. The molecular formula is C26H34N7O3. The molecule has 4 heterocycles. The van der Waals surface area contributed by atoms with Gasteiger partial charge in [-0.25, -0.2) is 9.36 Å². The quantitative estimate of drug-likeness (QED) is 0.528. The molecule has 191 valence electrons. The van der Waals surface area contributed by atoms with Crippen LogP contribution in [-0.2, 0) is 0 Å². The zero-order valence-electron chi connectivity index (χ0n) is 20.9. The lowest BCUT2D eigenvalue weighted by Gasteiger charge is -2.41. The van der Waals surface area contributed by atoms with E-state index in [1.54, 1.807) is 6.07 Å². The number of nitrogens with two attached hydrogens (primary N) is 1. The number of primary amides is 1. The third-order valence-electron chi connectivity index (χ3n) is 7.23. The van der Waals surface area contributed by atoms with E-state index in [-0.39, 0.29) is 6.23 Å². The van der Waals surface area contributed by atoms with E-state index in [1.807, 2.05) is 24.3 Å². The first-order valence-electron chi connectivity index (χ1n) is 12.4. The van der Waals surface area contributed by atoms with Gasteiger partial charge in [0.25, 0.3) is 5.56 Å². The molecule has 1 radical (unpaired) electrons. The summed E-state index contributed by atoms with van der Waals surface area (Å²) in [7, 11) is 4.33. The van der Waals surface area contributed by atoms with Crippen molar-refractivity contribution in [1.29, 1.82) is 0 Å². The van der Waals surface area contributed by atoms with Crippen molar-refractivity contribution in [3.63, 3.8) is 0 Å². The number of carbonyl (C=O) groups is 1. The van der Waals surface area contributed by atoms with Crippen LogP contribution in [0.5, 0.6) is 5.75 Å². The van der Waals surface area contributed by atoms with Crippen molar-refractivity contribution in [2.75, 3.05) is 73.0 Å². The van der Waals surface area contributed by atoms with Crippen LogP contribution in [-0.4, -0.2) is 114 Å². The van der Waals surface area contributed by atoms with Crippen LogP contribution >= 0.6 is 0 Å². The summed E-state index contributed by atoms with van der Waals surface area (Å²) in [6.45, 7) is 9.09. The smallest absolute Gasteiger partial charge is 0.325 e. The average Bonchev–Trinajstić information content (AvgIpc) is 3.28.